The summed E-state index contributed by atoms with van der Waals surface area (Å²) in [7, 11) is -1.65. The van der Waals surface area contributed by atoms with Crippen molar-refractivity contribution in [2.45, 2.75) is 39.3 Å². The number of methoxy groups -OCH3 is 1. The van der Waals surface area contributed by atoms with Crippen molar-refractivity contribution < 1.29 is 32.2 Å². The van der Waals surface area contributed by atoms with E-state index in [4.69, 9.17) is 14.2 Å². The monoisotopic (exact) mass is 413 g/mol. The van der Waals surface area contributed by atoms with E-state index in [0.29, 0.717) is 31.1 Å². The highest BCUT2D eigenvalue weighted by Crippen LogP contribution is 2.28. The number of nitrogens with zero attached hydrogens (tertiary/aromatic N) is 1. The van der Waals surface area contributed by atoms with E-state index in [2.05, 4.69) is 0 Å². The number of hydrogen-bond donors (Lipinski definition) is 0. The third kappa shape index (κ3) is 5.15. The van der Waals surface area contributed by atoms with Crippen molar-refractivity contribution >= 4 is 21.7 Å². The summed E-state index contributed by atoms with van der Waals surface area (Å²) < 4.78 is 39.4. The largest absolute Gasteiger partial charge is 0.493 e. The van der Waals surface area contributed by atoms with Crippen LogP contribution in [0.2, 0.25) is 0 Å². The average Bonchev–Trinajstić information content (AvgIpc) is 3.02. The van der Waals surface area contributed by atoms with Crippen molar-refractivity contribution in [3.05, 3.63) is 23.8 Å². The Labute approximate surface area is 165 Å². The highest BCUT2D eigenvalue weighted by atomic mass is 32.2. The Morgan fingerprint density at radius 3 is 2.50 bits per heavy atom. The van der Waals surface area contributed by atoms with E-state index in [1.54, 1.807) is 13.0 Å². The molecule has 1 fully saturated rings. The molecule has 1 amide bonds. The second kappa shape index (κ2) is 9.27. The molecule has 9 heteroatoms. The van der Waals surface area contributed by atoms with Crippen LogP contribution in [-0.2, 0) is 19.4 Å². The maximum absolute atomic E-state index is 12.7. The summed E-state index contributed by atoms with van der Waals surface area (Å²) in [5, 5.41) is 0. The fraction of sp³-hybridized carbons (Fsp3) is 0.579. The fourth-order valence-electron chi connectivity index (χ4n) is 3.20. The van der Waals surface area contributed by atoms with E-state index < -0.39 is 27.8 Å². The molecular formula is C19H27NO7S. The Morgan fingerprint density at radius 1 is 1.25 bits per heavy atom. The zero-order valence-corrected chi connectivity index (χ0v) is 17.5. The van der Waals surface area contributed by atoms with Gasteiger partial charge in [-0.2, -0.15) is 0 Å². The lowest BCUT2D eigenvalue weighted by Gasteiger charge is -2.29. The van der Waals surface area contributed by atoms with E-state index in [1.807, 2.05) is 6.92 Å². The van der Waals surface area contributed by atoms with Crippen LogP contribution in [0, 0.1) is 0 Å². The summed E-state index contributed by atoms with van der Waals surface area (Å²) in [6.07, 6.45) is -0.633. The second-order valence-corrected chi connectivity index (χ2v) is 8.76. The standard InChI is InChI=1S/C19H27NO7S/c1-5-20(15-9-10-28(23,24)12-15)18(21)13(3)27-19(22)14-7-8-16(26-6-2)17(11-14)25-4/h7-8,11,13,15H,5-6,9-10,12H2,1-4H3/t13-,15+/m0/s1. The van der Waals surface area contributed by atoms with Gasteiger partial charge in [-0.15, -0.1) is 0 Å². The minimum absolute atomic E-state index is 0.0522. The number of sulfone groups is 1. The van der Waals surface area contributed by atoms with Crippen LogP contribution in [0.1, 0.15) is 37.6 Å². The molecule has 1 aromatic carbocycles. The molecule has 0 aromatic heterocycles. The van der Waals surface area contributed by atoms with Gasteiger partial charge in [-0.3, -0.25) is 4.79 Å². The summed E-state index contributed by atoms with van der Waals surface area (Å²) in [6, 6.07) is 4.25. The number of hydrogen-bond acceptors (Lipinski definition) is 7. The molecular weight excluding hydrogens is 386 g/mol. The summed E-state index contributed by atoms with van der Waals surface area (Å²) in [5.74, 6) is -0.162. The SMILES string of the molecule is CCOc1ccc(C(=O)O[C@@H](C)C(=O)N(CC)[C@@H]2CCS(=O)(=O)C2)cc1OC. The first-order chi connectivity index (χ1) is 13.2. The highest BCUT2D eigenvalue weighted by Gasteiger charge is 2.36. The first-order valence-corrected chi connectivity index (χ1v) is 11.1. The molecule has 1 aliphatic rings. The number of benzene rings is 1. The zero-order chi connectivity index (χ0) is 20.9. The third-order valence-electron chi connectivity index (χ3n) is 4.60. The van der Waals surface area contributed by atoms with Crippen LogP contribution in [0.3, 0.4) is 0 Å². The Bertz CT molecular complexity index is 822. The minimum Gasteiger partial charge on any atom is -0.493 e. The van der Waals surface area contributed by atoms with Crippen molar-refractivity contribution in [1.29, 1.82) is 0 Å². The predicted octanol–water partition coefficient (Wildman–Crippen LogP) is 1.67. The zero-order valence-electron chi connectivity index (χ0n) is 16.6. The Hall–Kier alpha value is -2.29. The van der Waals surface area contributed by atoms with Crippen molar-refractivity contribution in [3.8, 4) is 11.5 Å². The van der Waals surface area contributed by atoms with Crippen LogP contribution in [0.15, 0.2) is 18.2 Å². The molecule has 1 aromatic rings. The molecule has 0 N–H and O–H groups in total. The fourth-order valence-corrected chi connectivity index (χ4v) is 4.93. The molecule has 1 aliphatic heterocycles. The van der Waals surface area contributed by atoms with Crippen molar-refractivity contribution in [2.24, 2.45) is 0 Å². The Balaban J connectivity index is 2.07. The van der Waals surface area contributed by atoms with E-state index in [0.717, 1.165) is 0 Å². The van der Waals surface area contributed by atoms with E-state index in [-0.39, 0.29) is 23.1 Å². The molecule has 0 unspecified atom stereocenters. The number of carbonyl (C=O) groups excluding carboxylic acids is 2. The van der Waals surface area contributed by atoms with E-state index in [9.17, 15) is 18.0 Å². The topological polar surface area (TPSA) is 99.2 Å². The number of ether oxygens (including phenoxy) is 3. The lowest BCUT2D eigenvalue weighted by molar-refractivity contribution is -0.141. The van der Waals surface area contributed by atoms with Gasteiger partial charge in [-0.05, 0) is 45.4 Å². The van der Waals surface area contributed by atoms with Crippen molar-refractivity contribution in [2.75, 3.05) is 31.8 Å². The molecule has 1 heterocycles. The summed E-state index contributed by atoms with van der Waals surface area (Å²) in [6.45, 7) is 5.89. The summed E-state index contributed by atoms with van der Waals surface area (Å²) >= 11 is 0. The molecule has 0 saturated carbocycles. The first-order valence-electron chi connectivity index (χ1n) is 9.25. The first kappa shape index (κ1) is 22.0. The number of likely N-dealkylation sites (N-methyl/N-ethyl adjacent to an activating group) is 1. The van der Waals surface area contributed by atoms with Crippen molar-refractivity contribution in [3.63, 3.8) is 0 Å². The van der Waals surface area contributed by atoms with Crippen LogP contribution in [0.25, 0.3) is 0 Å². The van der Waals surface area contributed by atoms with Crippen LogP contribution < -0.4 is 9.47 Å². The molecule has 28 heavy (non-hydrogen) atoms. The maximum atomic E-state index is 12.7. The van der Waals surface area contributed by atoms with Gasteiger partial charge in [0.1, 0.15) is 0 Å². The summed E-state index contributed by atoms with van der Waals surface area (Å²) in [4.78, 5) is 26.6. The minimum atomic E-state index is -3.12. The smallest absolute Gasteiger partial charge is 0.339 e. The van der Waals surface area contributed by atoms with Gasteiger partial charge in [-0.1, -0.05) is 0 Å². The molecule has 0 radical (unpaired) electrons. The molecule has 156 valence electrons. The quantitative estimate of drug-likeness (QED) is 0.598. The molecule has 0 spiro atoms. The Morgan fingerprint density at radius 2 is 1.96 bits per heavy atom. The van der Waals surface area contributed by atoms with Crippen LogP contribution >= 0.6 is 0 Å². The number of rotatable bonds is 8. The predicted molar refractivity (Wildman–Crippen MR) is 103 cm³/mol. The summed E-state index contributed by atoms with van der Waals surface area (Å²) in [5.41, 5.74) is 0.228. The lowest BCUT2D eigenvalue weighted by atomic mass is 10.2. The van der Waals surface area contributed by atoms with Gasteiger partial charge in [-0.25, -0.2) is 13.2 Å². The second-order valence-electron chi connectivity index (χ2n) is 6.53. The highest BCUT2D eigenvalue weighted by molar-refractivity contribution is 7.91. The lowest BCUT2D eigenvalue weighted by Crippen LogP contribution is -2.46. The number of carbonyl (C=O) groups is 2. The van der Waals surface area contributed by atoms with Gasteiger partial charge in [0.05, 0.1) is 30.8 Å². The maximum Gasteiger partial charge on any atom is 0.339 e. The molecule has 2 atom stereocenters. The number of esters is 1. The average molecular weight is 413 g/mol. The van der Waals surface area contributed by atoms with Gasteiger partial charge < -0.3 is 19.1 Å². The van der Waals surface area contributed by atoms with Crippen molar-refractivity contribution in [1.82, 2.24) is 4.90 Å². The van der Waals surface area contributed by atoms with Gasteiger partial charge in [0.25, 0.3) is 5.91 Å². The molecule has 2 rings (SSSR count). The molecule has 0 bridgehead atoms. The van der Waals surface area contributed by atoms with E-state index >= 15 is 0 Å². The Kier molecular flexibility index (Phi) is 7.29. The van der Waals surface area contributed by atoms with Crippen LogP contribution in [-0.4, -0.2) is 69.1 Å². The number of amides is 1. The van der Waals surface area contributed by atoms with Gasteiger partial charge in [0.15, 0.2) is 27.4 Å². The van der Waals surface area contributed by atoms with Gasteiger partial charge >= 0.3 is 5.97 Å². The third-order valence-corrected chi connectivity index (χ3v) is 6.35. The van der Waals surface area contributed by atoms with Gasteiger partial charge in [0, 0.05) is 12.6 Å². The van der Waals surface area contributed by atoms with E-state index in [1.165, 1.54) is 31.1 Å². The van der Waals surface area contributed by atoms with Crippen LogP contribution in [0.5, 0.6) is 11.5 Å². The van der Waals surface area contributed by atoms with Crippen LogP contribution in [0.4, 0.5) is 0 Å². The molecule has 1 saturated heterocycles. The van der Waals surface area contributed by atoms with Gasteiger partial charge in [0.2, 0.25) is 0 Å². The molecule has 0 aliphatic carbocycles. The normalized spacial score (nSPS) is 18.9. The molecule has 8 nitrogen and oxygen atoms in total.